The van der Waals surface area contributed by atoms with E-state index in [0.717, 1.165) is 49.9 Å². The summed E-state index contributed by atoms with van der Waals surface area (Å²) in [4.78, 5) is 39.2. The highest BCUT2D eigenvalue weighted by Crippen LogP contribution is 2.24. The minimum atomic E-state index is -0.779. The first-order valence-corrected chi connectivity index (χ1v) is 8.40. The highest BCUT2D eigenvalue weighted by Gasteiger charge is 2.20. The lowest BCUT2D eigenvalue weighted by molar-refractivity contribution is -0.394. The van der Waals surface area contributed by atoms with Gasteiger partial charge >= 0.3 is 0 Å². The van der Waals surface area contributed by atoms with Crippen molar-refractivity contribution in [3.63, 3.8) is 0 Å². The number of aromatic nitrogens is 1. The van der Waals surface area contributed by atoms with E-state index in [0.29, 0.717) is 5.69 Å². The van der Waals surface area contributed by atoms with Gasteiger partial charge in [-0.3, -0.25) is 25.0 Å². The molecule has 1 fully saturated rings. The van der Waals surface area contributed by atoms with E-state index in [2.05, 4.69) is 15.2 Å². The average molecular weight is 371 g/mol. The molecule has 27 heavy (non-hydrogen) atoms. The van der Waals surface area contributed by atoms with E-state index >= 15 is 0 Å². The molecule has 2 aromatic rings. The number of hydrogen-bond acceptors (Lipinski definition) is 7. The summed E-state index contributed by atoms with van der Waals surface area (Å²) in [5.74, 6) is 0.132. The predicted molar refractivity (Wildman–Crippen MR) is 98.0 cm³/mol. The number of hydrogen-bond donors (Lipinski definition) is 1. The van der Waals surface area contributed by atoms with Crippen LogP contribution in [0.1, 0.15) is 29.6 Å². The van der Waals surface area contributed by atoms with Gasteiger partial charge in [0.1, 0.15) is 5.82 Å². The lowest BCUT2D eigenvalue weighted by Crippen LogP contribution is -2.30. The van der Waals surface area contributed by atoms with E-state index in [1.165, 1.54) is 12.6 Å². The van der Waals surface area contributed by atoms with Crippen molar-refractivity contribution in [3.8, 4) is 0 Å². The van der Waals surface area contributed by atoms with Crippen molar-refractivity contribution >= 4 is 28.8 Å². The molecule has 10 nitrogen and oxygen atoms in total. The molecule has 2 heterocycles. The lowest BCUT2D eigenvalue weighted by Gasteiger charge is -2.27. The molecule has 0 radical (unpaired) electrons. The molecule has 1 aromatic carbocycles. The largest absolute Gasteiger partial charge is 0.357 e. The molecular formula is C17H17N5O5. The minimum Gasteiger partial charge on any atom is -0.357 e. The number of carbonyl (C=O) groups excluding carboxylic acids is 1. The van der Waals surface area contributed by atoms with Crippen molar-refractivity contribution in [2.75, 3.05) is 23.3 Å². The lowest BCUT2D eigenvalue weighted by atomic mass is 10.1. The van der Waals surface area contributed by atoms with Crippen molar-refractivity contribution in [1.82, 2.24) is 4.98 Å². The third-order valence-electron chi connectivity index (χ3n) is 4.27. The highest BCUT2D eigenvalue weighted by atomic mass is 16.6. The van der Waals surface area contributed by atoms with Crippen molar-refractivity contribution < 1.29 is 14.6 Å². The number of piperidine rings is 1. The number of carbonyl (C=O) groups is 1. The molecule has 1 amide bonds. The van der Waals surface area contributed by atoms with Crippen LogP contribution in [0.5, 0.6) is 0 Å². The molecule has 1 aliphatic heterocycles. The molecule has 1 aliphatic rings. The second kappa shape index (κ2) is 7.77. The zero-order valence-corrected chi connectivity index (χ0v) is 14.3. The van der Waals surface area contributed by atoms with Gasteiger partial charge in [-0.15, -0.1) is 0 Å². The van der Waals surface area contributed by atoms with Crippen LogP contribution in [0.3, 0.4) is 0 Å². The Morgan fingerprint density at radius 1 is 1.00 bits per heavy atom. The van der Waals surface area contributed by atoms with E-state index in [4.69, 9.17) is 0 Å². The van der Waals surface area contributed by atoms with Gasteiger partial charge in [0.2, 0.25) is 0 Å². The molecule has 1 saturated heterocycles. The van der Waals surface area contributed by atoms with Crippen molar-refractivity contribution in [2.45, 2.75) is 19.3 Å². The fraction of sp³-hybridized carbons (Fsp3) is 0.294. The summed E-state index contributed by atoms with van der Waals surface area (Å²) in [5, 5.41) is 24.4. The Balaban J connectivity index is 1.76. The molecule has 140 valence electrons. The average Bonchev–Trinajstić information content (AvgIpc) is 2.68. The van der Waals surface area contributed by atoms with Gasteiger partial charge in [0.25, 0.3) is 17.3 Å². The molecule has 0 saturated carbocycles. The Morgan fingerprint density at radius 2 is 1.63 bits per heavy atom. The van der Waals surface area contributed by atoms with Gasteiger partial charge in [-0.2, -0.15) is 0 Å². The molecule has 0 bridgehead atoms. The number of nitro benzene ring substituents is 2. The van der Waals surface area contributed by atoms with E-state index in [1.54, 1.807) is 12.1 Å². The summed E-state index contributed by atoms with van der Waals surface area (Å²) in [7, 11) is 0. The van der Waals surface area contributed by atoms with Gasteiger partial charge < -0.3 is 10.2 Å². The smallest absolute Gasteiger partial charge is 0.277 e. The quantitative estimate of drug-likeness (QED) is 0.630. The van der Waals surface area contributed by atoms with Crippen LogP contribution in [0.2, 0.25) is 0 Å². The number of nitrogens with one attached hydrogen (secondary N) is 1. The van der Waals surface area contributed by atoms with Crippen LogP contribution in [0, 0.1) is 20.2 Å². The van der Waals surface area contributed by atoms with Gasteiger partial charge in [-0.05, 0) is 31.4 Å². The SMILES string of the molecule is O=C(Nc1ccc(N2CCCCC2)nc1)c1cc([N+](=O)[O-])cc([N+](=O)[O-])c1. The molecule has 0 spiro atoms. The number of amides is 1. The van der Waals surface area contributed by atoms with Crippen LogP contribution >= 0.6 is 0 Å². The fourth-order valence-corrected chi connectivity index (χ4v) is 2.91. The predicted octanol–water partition coefficient (Wildman–Crippen LogP) is 3.14. The highest BCUT2D eigenvalue weighted by molar-refractivity contribution is 6.05. The van der Waals surface area contributed by atoms with E-state index < -0.39 is 27.1 Å². The summed E-state index contributed by atoms with van der Waals surface area (Å²) >= 11 is 0. The molecule has 10 heteroatoms. The summed E-state index contributed by atoms with van der Waals surface area (Å²) in [6.07, 6.45) is 4.94. The van der Waals surface area contributed by atoms with Crippen LogP contribution in [0.4, 0.5) is 22.9 Å². The maximum Gasteiger partial charge on any atom is 0.277 e. The molecule has 0 atom stereocenters. The molecule has 0 aliphatic carbocycles. The first kappa shape index (κ1) is 18.2. The fourth-order valence-electron chi connectivity index (χ4n) is 2.91. The molecule has 1 aromatic heterocycles. The van der Waals surface area contributed by atoms with Crippen LogP contribution < -0.4 is 10.2 Å². The van der Waals surface area contributed by atoms with Crippen molar-refractivity contribution in [2.24, 2.45) is 0 Å². The van der Waals surface area contributed by atoms with Crippen LogP contribution in [0.15, 0.2) is 36.5 Å². The van der Waals surface area contributed by atoms with Crippen LogP contribution in [0.25, 0.3) is 0 Å². The number of benzene rings is 1. The maximum absolute atomic E-state index is 12.4. The Morgan fingerprint density at radius 3 is 2.15 bits per heavy atom. The molecule has 3 rings (SSSR count). The summed E-state index contributed by atoms with van der Waals surface area (Å²) in [6, 6.07) is 6.28. The summed E-state index contributed by atoms with van der Waals surface area (Å²) < 4.78 is 0. The van der Waals surface area contributed by atoms with Gasteiger partial charge in [-0.25, -0.2) is 4.98 Å². The van der Waals surface area contributed by atoms with Gasteiger partial charge in [0, 0.05) is 25.2 Å². The maximum atomic E-state index is 12.4. The van der Waals surface area contributed by atoms with Crippen molar-refractivity contribution in [3.05, 3.63) is 62.3 Å². The monoisotopic (exact) mass is 371 g/mol. The first-order valence-electron chi connectivity index (χ1n) is 8.40. The number of nitro groups is 2. The zero-order valence-electron chi connectivity index (χ0n) is 14.3. The topological polar surface area (TPSA) is 132 Å². The molecular weight excluding hydrogens is 354 g/mol. The minimum absolute atomic E-state index is 0.170. The third kappa shape index (κ3) is 4.35. The van der Waals surface area contributed by atoms with Gasteiger partial charge in [-0.1, -0.05) is 0 Å². The van der Waals surface area contributed by atoms with E-state index in [-0.39, 0.29) is 5.56 Å². The zero-order chi connectivity index (χ0) is 19.4. The van der Waals surface area contributed by atoms with Gasteiger partial charge in [0.15, 0.2) is 0 Å². The standard InChI is InChI=1S/C17H17N5O5/c23-17(12-8-14(21(24)25)10-15(9-12)22(26)27)19-13-4-5-16(18-11-13)20-6-2-1-3-7-20/h4-5,8-11H,1-3,6-7H2,(H,19,23). The van der Waals surface area contributed by atoms with Crippen molar-refractivity contribution in [1.29, 1.82) is 0 Å². The van der Waals surface area contributed by atoms with Crippen LogP contribution in [-0.4, -0.2) is 33.8 Å². The number of non-ortho nitro benzene ring substituents is 2. The number of rotatable bonds is 5. The van der Waals surface area contributed by atoms with Gasteiger partial charge in [0.05, 0.1) is 33.4 Å². The third-order valence-corrected chi connectivity index (χ3v) is 4.27. The molecule has 0 unspecified atom stereocenters. The second-order valence-electron chi connectivity index (χ2n) is 6.16. The molecule has 1 N–H and O–H groups in total. The summed E-state index contributed by atoms with van der Waals surface area (Å²) in [6.45, 7) is 1.88. The Bertz CT molecular complexity index is 846. The summed E-state index contributed by atoms with van der Waals surface area (Å²) in [5.41, 5.74) is -0.813. The number of nitrogens with zero attached hydrogens (tertiary/aromatic N) is 4. The Hall–Kier alpha value is -3.56. The normalized spacial score (nSPS) is 13.9. The van der Waals surface area contributed by atoms with E-state index in [1.807, 2.05) is 0 Å². The van der Waals surface area contributed by atoms with Crippen LogP contribution in [-0.2, 0) is 0 Å². The Labute approximate surface area is 154 Å². The first-order chi connectivity index (χ1) is 12.9. The number of pyridine rings is 1. The second-order valence-corrected chi connectivity index (χ2v) is 6.16. The number of anilines is 2. The van der Waals surface area contributed by atoms with E-state index in [9.17, 15) is 25.0 Å². The Kier molecular flexibility index (Phi) is 5.25.